The first-order valence-corrected chi connectivity index (χ1v) is 22.0. The van der Waals surface area contributed by atoms with Crippen LogP contribution in [0.4, 0.5) is 0 Å². The SMILES string of the molecule is CC(C)(C)c1ccnc(-n2c3[c-]c(Oc4[c-]c(-c5coc6c(-c7c(-c8ccccc8)cccc7-c7ccccc7)[n+](C(C)(C)C)[c-]n56)ccc4)ccc3c3cc(C(C)(C)C)ccc32)c1.[Pt]. The van der Waals surface area contributed by atoms with E-state index in [0.29, 0.717) is 17.2 Å². The molecule has 6 aromatic carbocycles. The average molecular weight is 1030 g/mol. The molecule has 0 atom stereocenters. The normalized spacial score (nSPS) is 12.3. The van der Waals surface area contributed by atoms with Gasteiger partial charge in [-0.3, -0.25) is 4.40 Å². The van der Waals surface area contributed by atoms with Gasteiger partial charge in [-0.1, -0.05) is 150 Å². The van der Waals surface area contributed by atoms with Gasteiger partial charge in [0.15, 0.2) is 0 Å². The molecule has 0 aliphatic rings. The zero-order chi connectivity index (χ0) is 44.5. The Labute approximate surface area is 396 Å². The molecule has 0 bridgehead atoms. The third-order valence-corrected chi connectivity index (χ3v) is 12.1. The maximum absolute atomic E-state index is 6.66. The van der Waals surface area contributed by atoms with Crippen molar-refractivity contribution in [2.75, 3.05) is 0 Å². The Bertz CT molecular complexity index is 3300. The molecule has 0 aliphatic heterocycles. The topological polar surface area (TPSA) is 48.5 Å². The van der Waals surface area contributed by atoms with Crippen LogP contribution in [0.3, 0.4) is 0 Å². The van der Waals surface area contributed by atoms with Crippen LogP contribution in [0, 0.1) is 18.5 Å². The zero-order valence-corrected chi connectivity index (χ0v) is 40.6. The number of rotatable bonds is 7. The van der Waals surface area contributed by atoms with Gasteiger partial charge < -0.3 is 18.3 Å². The Kier molecular flexibility index (Phi) is 11.1. The molecule has 0 unspecified atom stereocenters. The van der Waals surface area contributed by atoms with Crippen molar-refractivity contribution in [2.24, 2.45) is 0 Å². The third kappa shape index (κ3) is 8.03. The number of aromatic nitrogens is 4. The molecule has 328 valence electrons. The van der Waals surface area contributed by atoms with E-state index in [4.69, 9.17) is 14.1 Å². The summed E-state index contributed by atoms with van der Waals surface area (Å²) < 4.78 is 19.7. The Hall–Kier alpha value is -6.49. The number of pyridine rings is 1. The van der Waals surface area contributed by atoms with Crippen LogP contribution in [-0.2, 0) is 37.4 Å². The summed E-state index contributed by atoms with van der Waals surface area (Å²) in [6.45, 7) is 20.0. The third-order valence-electron chi connectivity index (χ3n) is 12.1. The van der Waals surface area contributed by atoms with Gasteiger partial charge in [-0.05, 0) is 94.1 Å². The van der Waals surface area contributed by atoms with E-state index >= 15 is 0 Å². The number of hydrogen-bond donors (Lipinski definition) is 0. The second kappa shape index (κ2) is 16.5. The summed E-state index contributed by atoms with van der Waals surface area (Å²) in [6.07, 6.45) is 7.42. The van der Waals surface area contributed by atoms with E-state index in [1.54, 1.807) is 6.26 Å². The molecule has 0 saturated carbocycles. The zero-order valence-electron chi connectivity index (χ0n) is 38.4. The number of hydrogen-bond acceptors (Lipinski definition) is 3. The minimum atomic E-state index is -0.345. The second-order valence-electron chi connectivity index (χ2n) is 19.8. The Morgan fingerprint density at radius 3 is 1.89 bits per heavy atom. The Balaban J connectivity index is 0.00000533. The standard InChI is InChI=1S/C58H52N4O2.Pt/c1-56(2,3)41-26-29-49-48(33-41)47-28-27-44(35-50(47)62(49)52-34-42(30-31-59-52)57(4,5)6)64-43-23-16-22-40(32-43)51-36-63-55-54(61(37-60(51)55)58(7,8)9)53-45(38-18-12-10-13-19-38)24-17-25-46(53)39-20-14-11-15-21-39;/h10-31,33-34,36H,1-9H3;/q-2;. The Morgan fingerprint density at radius 2 is 1.25 bits per heavy atom. The van der Waals surface area contributed by atoms with E-state index in [-0.39, 0.29) is 37.4 Å². The predicted molar refractivity (Wildman–Crippen MR) is 259 cm³/mol. The monoisotopic (exact) mass is 1030 g/mol. The summed E-state index contributed by atoms with van der Waals surface area (Å²) in [7, 11) is 0. The quantitative estimate of drug-likeness (QED) is 0.118. The van der Waals surface area contributed by atoms with Crippen LogP contribution < -0.4 is 9.30 Å². The van der Waals surface area contributed by atoms with Crippen LogP contribution in [-0.4, -0.2) is 14.0 Å². The number of nitrogens with zero attached hydrogens (tertiary/aromatic N) is 4. The summed E-state index contributed by atoms with van der Waals surface area (Å²) >= 11 is 0. The molecular formula is C58H52N4O2Pt-2. The van der Waals surface area contributed by atoms with E-state index in [1.807, 2.05) is 34.9 Å². The summed E-state index contributed by atoms with van der Waals surface area (Å²) in [5.74, 6) is 1.99. The molecule has 0 saturated heterocycles. The molecular weight excluding hydrogens is 980 g/mol. The minimum Gasteiger partial charge on any atom is -0.503 e. The second-order valence-corrected chi connectivity index (χ2v) is 19.8. The molecule has 0 N–H and O–H groups in total. The van der Waals surface area contributed by atoms with Crippen molar-refractivity contribution in [3.63, 3.8) is 0 Å². The van der Waals surface area contributed by atoms with Crippen molar-refractivity contribution in [3.8, 4) is 62.1 Å². The fourth-order valence-corrected chi connectivity index (χ4v) is 8.72. The number of fused-ring (bicyclic) bond motifs is 4. The number of oxazole rings is 1. The van der Waals surface area contributed by atoms with Gasteiger partial charge in [-0.15, -0.1) is 35.7 Å². The van der Waals surface area contributed by atoms with Gasteiger partial charge in [0.2, 0.25) is 12.0 Å². The fourth-order valence-electron chi connectivity index (χ4n) is 8.72. The van der Waals surface area contributed by atoms with Crippen molar-refractivity contribution >= 4 is 27.5 Å². The largest absolute Gasteiger partial charge is 0.503 e. The van der Waals surface area contributed by atoms with Crippen LogP contribution in [0.15, 0.2) is 156 Å². The van der Waals surface area contributed by atoms with Crippen molar-refractivity contribution < 1.29 is 34.8 Å². The molecule has 0 aliphatic carbocycles. The van der Waals surface area contributed by atoms with Crippen molar-refractivity contribution in [3.05, 3.63) is 182 Å². The molecule has 65 heavy (non-hydrogen) atoms. The minimum absolute atomic E-state index is 0. The smallest absolute Gasteiger partial charge is 0.247 e. The van der Waals surface area contributed by atoms with Gasteiger partial charge in [0.05, 0.1) is 17.5 Å². The maximum atomic E-state index is 6.66. The summed E-state index contributed by atoms with van der Waals surface area (Å²) in [4.78, 5) is 4.91. The predicted octanol–water partition coefficient (Wildman–Crippen LogP) is 14.5. The van der Waals surface area contributed by atoms with Crippen molar-refractivity contribution in [1.82, 2.24) is 14.0 Å². The number of ether oxygens (including phenoxy) is 1. The molecule has 0 spiro atoms. The van der Waals surface area contributed by atoms with Gasteiger partial charge in [0.1, 0.15) is 11.5 Å². The van der Waals surface area contributed by atoms with E-state index < -0.39 is 0 Å². The van der Waals surface area contributed by atoms with Crippen LogP contribution >= 0.6 is 0 Å². The van der Waals surface area contributed by atoms with E-state index in [1.165, 1.54) is 11.1 Å². The van der Waals surface area contributed by atoms with Gasteiger partial charge >= 0.3 is 0 Å². The van der Waals surface area contributed by atoms with Gasteiger partial charge in [-0.2, -0.15) is 6.07 Å². The van der Waals surface area contributed by atoms with Crippen LogP contribution in [0.25, 0.3) is 78.1 Å². The van der Waals surface area contributed by atoms with Gasteiger partial charge in [0.25, 0.3) is 0 Å². The van der Waals surface area contributed by atoms with Gasteiger partial charge in [-0.25, -0.2) is 4.98 Å². The molecule has 0 amide bonds. The maximum Gasteiger partial charge on any atom is 0.247 e. The van der Waals surface area contributed by atoms with Crippen LogP contribution in [0.5, 0.6) is 11.5 Å². The van der Waals surface area contributed by atoms with Gasteiger partial charge in [0, 0.05) is 44.3 Å². The fraction of sp³-hybridized carbons (Fsp3) is 0.207. The molecule has 10 aromatic rings. The first-order valence-electron chi connectivity index (χ1n) is 22.0. The van der Waals surface area contributed by atoms with Crippen molar-refractivity contribution in [2.45, 2.75) is 78.7 Å². The number of benzene rings is 6. The average Bonchev–Trinajstić information content (AvgIpc) is 3.97. The van der Waals surface area contributed by atoms with E-state index in [9.17, 15) is 0 Å². The first-order chi connectivity index (χ1) is 30.6. The summed E-state index contributed by atoms with van der Waals surface area (Å²) in [5, 5.41) is 2.24. The number of imidazole rings is 1. The van der Waals surface area contributed by atoms with E-state index in [0.717, 1.165) is 72.4 Å². The first kappa shape index (κ1) is 43.7. The Morgan fingerprint density at radius 1 is 0.615 bits per heavy atom. The van der Waals surface area contributed by atoms with Crippen molar-refractivity contribution in [1.29, 1.82) is 0 Å². The summed E-state index contributed by atoms with van der Waals surface area (Å²) in [5.41, 5.74) is 12.9. The van der Waals surface area contributed by atoms with Crippen LogP contribution in [0.2, 0.25) is 0 Å². The molecule has 4 heterocycles. The van der Waals surface area contributed by atoms with E-state index in [2.05, 4.69) is 205 Å². The molecule has 4 aromatic heterocycles. The molecule has 0 fully saturated rings. The molecule has 7 heteroatoms. The molecule has 6 nitrogen and oxygen atoms in total. The summed E-state index contributed by atoms with van der Waals surface area (Å²) in [6, 6.07) is 56.0. The molecule has 10 rings (SSSR count). The van der Waals surface area contributed by atoms with Crippen LogP contribution in [0.1, 0.15) is 73.4 Å². The molecule has 0 radical (unpaired) electrons.